The number of benzene rings is 2. The van der Waals surface area contributed by atoms with Crippen molar-refractivity contribution in [1.82, 2.24) is 9.62 Å². The topological polar surface area (TPSA) is 66.5 Å². The number of halogens is 2. The van der Waals surface area contributed by atoms with Crippen molar-refractivity contribution in [2.45, 2.75) is 16.3 Å². The molecule has 0 aliphatic heterocycles. The van der Waals surface area contributed by atoms with Crippen LogP contribution >= 0.6 is 35.0 Å². The Morgan fingerprint density at radius 1 is 1.15 bits per heavy atom. The molecule has 1 amide bonds. The van der Waals surface area contributed by atoms with Crippen LogP contribution < -0.4 is 5.32 Å². The number of likely N-dealkylation sites (N-methyl/N-ethyl adjacent to an activating group) is 1. The zero-order valence-corrected chi connectivity index (χ0v) is 17.3. The number of hydrogen-bond acceptors (Lipinski definition) is 4. The van der Waals surface area contributed by atoms with E-state index in [0.29, 0.717) is 15.6 Å². The molecular weight excluding hydrogens is 415 g/mol. The summed E-state index contributed by atoms with van der Waals surface area (Å²) in [7, 11) is -2.37. The molecule has 0 aromatic heterocycles. The summed E-state index contributed by atoms with van der Waals surface area (Å²) < 4.78 is 26.1. The molecule has 2 aromatic rings. The highest BCUT2D eigenvalue weighted by Crippen LogP contribution is 2.21. The van der Waals surface area contributed by atoms with Gasteiger partial charge in [0.05, 0.1) is 11.4 Å². The summed E-state index contributed by atoms with van der Waals surface area (Å²) in [4.78, 5) is 13.2. The quantitative estimate of drug-likeness (QED) is 0.677. The van der Waals surface area contributed by atoms with Crippen LogP contribution in [0.25, 0.3) is 0 Å². The number of nitrogens with zero attached hydrogens (tertiary/aromatic N) is 1. The molecular formula is C17H18Cl2N2O3S2. The summed E-state index contributed by atoms with van der Waals surface area (Å²) in [5.74, 6) is -0.428. The van der Waals surface area contributed by atoms with Crippen LogP contribution in [0.2, 0.25) is 10.0 Å². The summed E-state index contributed by atoms with van der Waals surface area (Å²) in [6.45, 7) is -0.108. The summed E-state index contributed by atoms with van der Waals surface area (Å²) in [6, 6.07) is 11.5. The van der Waals surface area contributed by atoms with Gasteiger partial charge in [0.2, 0.25) is 15.9 Å². The Morgan fingerprint density at radius 3 is 2.38 bits per heavy atom. The maximum atomic E-state index is 12.5. The molecule has 26 heavy (non-hydrogen) atoms. The predicted molar refractivity (Wildman–Crippen MR) is 106 cm³/mol. The molecule has 0 aliphatic carbocycles. The Bertz CT molecular complexity index is 887. The van der Waals surface area contributed by atoms with E-state index < -0.39 is 15.9 Å². The molecule has 5 nitrogen and oxygen atoms in total. The second-order valence-corrected chi connectivity index (χ2v) is 9.22. The van der Waals surface area contributed by atoms with Gasteiger partial charge in [0.15, 0.2) is 0 Å². The van der Waals surface area contributed by atoms with E-state index in [1.165, 1.54) is 30.9 Å². The predicted octanol–water partition coefficient (Wildman–Crippen LogP) is 3.65. The highest BCUT2D eigenvalue weighted by Gasteiger charge is 2.22. The van der Waals surface area contributed by atoms with Crippen molar-refractivity contribution in [1.29, 1.82) is 0 Å². The molecule has 0 saturated carbocycles. The van der Waals surface area contributed by atoms with Gasteiger partial charge in [-0.2, -0.15) is 4.31 Å². The normalized spacial score (nSPS) is 11.6. The Balaban J connectivity index is 1.98. The number of thioether (sulfide) groups is 1. The lowest BCUT2D eigenvalue weighted by Crippen LogP contribution is -2.38. The maximum absolute atomic E-state index is 12.5. The van der Waals surface area contributed by atoms with Gasteiger partial charge >= 0.3 is 0 Å². The summed E-state index contributed by atoms with van der Waals surface area (Å²) >= 11 is 13.4. The molecule has 0 saturated heterocycles. The summed E-state index contributed by atoms with van der Waals surface area (Å²) in [6.07, 6.45) is 1.91. The van der Waals surface area contributed by atoms with Crippen molar-refractivity contribution in [2.75, 3.05) is 19.8 Å². The maximum Gasteiger partial charge on any atom is 0.243 e. The van der Waals surface area contributed by atoms with E-state index >= 15 is 0 Å². The molecule has 0 fully saturated rings. The fraction of sp³-hybridized carbons (Fsp3) is 0.235. The molecule has 0 heterocycles. The lowest BCUT2D eigenvalue weighted by Gasteiger charge is -2.17. The van der Waals surface area contributed by atoms with Crippen molar-refractivity contribution < 1.29 is 13.2 Å². The van der Waals surface area contributed by atoms with Crippen molar-refractivity contribution in [3.8, 4) is 0 Å². The van der Waals surface area contributed by atoms with Crippen LogP contribution in [0.3, 0.4) is 0 Å². The van der Waals surface area contributed by atoms with E-state index in [-0.39, 0.29) is 18.0 Å². The van der Waals surface area contributed by atoms with Gasteiger partial charge in [0, 0.05) is 28.5 Å². The number of sulfonamides is 1. The third-order valence-corrected chi connectivity index (χ3v) is 6.77. The van der Waals surface area contributed by atoms with Crippen LogP contribution in [-0.2, 0) is 21.4 Å². The fourth-order valence-electron chi connectivity index (χ4n) is 2.13. The minimum Gasteiger partial charge on any atom is -0.351 e. The van der Waals surface area contributed by atoms with Gasteiger partial charge in [-0.3, -0.25) is 4.79 Å². The largest absolute Gasteiger partial charge is 0.351 e. The van der Waals surface area contributed by atoms with Gasteiger partial charge in [0.1, 0.15) is 0 Å². The first kappa shape index (κ1) is 21.1. The number of rotatable bonds is 7. The van der Waals surface area contributed by atoms with Crippen molar-refractivity contribution >= 4 is 50.9 Å². The smallest absolute Gasteiger partial charge is 0.243 e. The molecule has 140 valence electrons. The number of carbonyl (C=O) groups excluding carboxylic acids is 1. The zero-order valence-electron chi connectivity index (χ0n) is 14.2. The summed E-state index contributed by atoms with van der Waals surface area (Å²) in [5.41, 5.74) is 0.697. The van der Waals surface area contributed by atoms with Crippen LogP contribution in [-0.4, -0.2) is 38.5 Å². The minimum atomic E-state index is -3.74. The minimum absolute atomic E-state index is 0.145. The number of carbonyl (C=O) groups is 1. The van der Waals surface area contributed by atoms with E-state index in [4.69, 9.17) is 23.2 Å². The van der Waals surface area contributed by atoms with Crippen LogP contribution in [0, 0.1) is 0 Å². The molecule has 9 heteroatoms. The molecule has 0 atom stereocenters. The van der Waals surface area contributed by atoms with Crippen LogP contribution in [0.15, 0.2) is 52.3 Å². The first-order valence-electron chi connectivity index (χ1n) is 7.55. The van der Waals surface area contributed by atoms with E-state index in [9.17, 15) is 13.2 Å². The number of nitrogens with one attached hydrogen (secondary N) is 1. The average molecular weight is 433 g/mol. The highest BCUT2D eigenvalue weighted by atomic mass is 35.5. The Labute approximate surface area is 167 Å². The lowest BCUT2D eigenvalue weighted by atomic mass is 10.2. The molecule has 0 spiro atoms. The Morgan fingerprint density at radius 2 is 1.81 bits per heavy atom. The summed E-state index contributed by atoms with van der Waals surface area (Å²) in [5, 5.41) is 3.60. The average Bonchev–Trinajstić information content (AvgIpc) is 2.61. The third-order valence-electron chi connectivity index (χ3n) is 3.63. The second kappa shape index (κ2) is 9.10. The van der Waals surface area contributed by atoms with Crippen LogP contribution in [0.5, 0.6) is 0 Å². The fourth-order valence-corrected chi connectivity index (χ4v) is 4.14. The number of hydrogen-bond donors (Lipinski definition) is 1. The lowest BCUT2D eigenvalue weighted by molar-refractivity contribution is -0.121. The standard InChI is InChI=1S/C17H18Cl2N2O3S2/c1-21(26(23,24)15-7-5-14(25-2)6-8-15)11-17(22)20-10-12-3-4-13(18)9-16(12)19/h3-9H,10-11H2,1-2H3,(H,20,22). The Kier molecular flexibility index (Phi) is 7.37. The number of amides is 1. The molecule has 0 radical (unpaired) electrons. The van der Waals surface area contributed by atoms with E-state index in [0.717, 1.165) is 9.20 Å². The van der Waals surface area contributed by atoms with Gasteiger partial charge in [-0.1, -0.05) is 29.3 Å². The molecule has 1 N–H and O–H groups in total. The first-order chi connectivity index (χ1) is 12.2. The van der Waals surface area contributed by atoms with Crippen LogP contribution in [0.1, 0.15) is 5.56 Å². The van der Waals surface area contributed by atoms with Gasteiger partial charge in [-0.05, 0) is 48.2 Å². The van der Waals surface area contributed by atoms with Crippen molar-refractivity contribution in [3.05, 3.63) is 58.1 Å². The molecule has 0 unspecified atom stereocenters. The SMILES string of the molecule is CSc1ccc(S(=O)(=O)N(C)CC(=O)NCc2ccc(Cl)cc2Cl)cc1. The molecule has 0 aliphatic rings. The van der Waals surface area contributed by atoms with Crippen LogP contribution in [0.4, 0.5) is 0 Å². The van der Waals surface area contributed by atoms with Crippen molar-refractivity contribution in [2.24, 2.45) is 0 Å². The van der Waals surface area contributed by atoms with E-state index in [2.05, 4.69) is 5.32 Å². The van der Waals surface area contributed by atoms with E-state index in [1.54, 1.807) is 30.3 Å². The van der Waals surface area contributed by atoms with E-state index in [1.807, 2.05) is 6.26 Å². The third kappa shape index (κ3) is 5.37. The second-order valence-electron chi connectivity index (χ2n) is 5.45. The van der Waals surface area contributed by atoms with Gasteiger partial charge < -0.3 is 5.32 Å². The molecule has 0 bridgehead atoms. The van der Waals surface area contributed by atoms with Gasteiger partial charge in [0.25, 0.3) is 0 Å². The zero-order chi connectivity index (χ0) is 19.3. The Hall–Kier alpha value is -1.25. The molecule has 2 rings (SSSR count). The highest BCUT2D eigenvalue weighted by molar-refractivity contribution is 7.98. The van der Waals surface area contributed by atoms with Gasteiger partial charge in [-0.25, -0.2) is 8.42 Å². The van der Waals surface area contributed by atoms with Crippen molar-refractivity contribution in [3.63, 3.8) is 0 Å². The first-order valence-corrected chi connectivity index (χ1v) is 11.0. The molecule has 2 aromatic carbocycles. The van der Waals surface area contributed by atoms with Gasteiger partial charge in [-0.15, -0.1) is 11.8 Å². The monoisotopic (exact) mass is 432 g/mol.